The minimum absolute atomic E-state index is 0.000695. The van der Waals surface area contributed by atoms with Gasteiger partial charge in [-0.2, -0.15) is 36.5 Å². The van der Waals surface area contributed by atoms with Gasteiger partial charge in [0.25, 0.3) is 6.43 Å². The maximum atomic E-state index is 13.5. The fourth-order valence-electron chi connectivity index (χ4n) is 3.60. The van der Waals surface area contributed by atoms with Gasteiger partial charge in [0, 0.05) is 30.4 Å². The molecule has 2 unspecified atom stereocenters. The van der Waals surface area contributed by atoms with E-state index in [0.717, 1.165) is 4.68 Å². The highest BCUT2D eigenvalue weighted by molar-refractivity contribution is 5.32. The zero-order valence-corrected chi connectivity index (χ0v) is 16.1. The van der Waals surface area contributed by atoms with Gasteiger partial charge in [0.15, 0.2) is 11.4 Å². The molecule has 0 saturated carbocycles. The molecular formula is C17H19F8N5. The highest BCUT2D eigenvalue weighted by Gasteiger charge is 2.43. The van der Waals surface area contributed by atoms with E-state index in [-0.39, 0.29) is 24.6 Å². The van der Waals surface area contributed by atoms with Crippen molar-refractivity contribution in [1.82, 2.24) is 24.9 Å². The van der Waals surface area contributed by atoms with E-state index in [0.29, 0.717) is 11.9 Å². The van der Waals surface area contributed by atoms with Crippen LogP contribution in [0.2, 0.25) is 0 Å². The first kappa shape index (κ1) is 22.5. The summed E-state index contributed by atoms with van der Waals surface area (Å²) >= 11 is 0. The molecule has 5 nitrogen and oxygen atoms in total. The maximum absolute atomic E-state index is 13.5. The normalized spacial score (nSPS) is 18.9. The number of hydrogen-bond donors (Lipinski definition) is 1. The summed E-state index contributed by atoms with van der Waals surface area (Å²) in [6, 6.07) is -2.02. The Balaban J connectivity index is 1.96. The van der Waals surface area contributed by atoms with Crippen LogP contribution in [0.15, 0.2) is 6.20 Å². The van der Waals surface area contributed by atoms with E-state index in [1.54, 1.807) is 13.8 Å². The summed E-state index contributed by atoms with van der Waals surface area (Å²) in [7, 11) is 0. The highest BCUT2D eigenvalue weighted by Crippen LogP contribution is 2.38. The zero-order chi connectivity index (χ0) is 22.6. The molecule has 13 heteroatoms. The first-order valence-corrected chi connectivity index (χ1v) is 9.07. The summed E-state index contributed by atoms with van der Waals surface area (Å²) in [5.74, 6) is 0. The van der Waals surface area contributed by atoms with Crippen molar-refractivity contribution in [3.8, 4) is 0 Å². The van der Waals surface area contributed by atoms with Crippen molar-refractivity contribution >= 4 is 0 Å². The molecule has 2 aromatic rings. The molecule has 2 aromatic heterocycles. The van der Waals surface area contributed by atoms with Crippen LogP contribution in [-0.2, 0) is 25.3 Å². The average molecular weight is 445 g/mol. The van der Waals surface area contributed by atoms with Crippen LogP contribution in [0.5, 0.6) is 0 Å². The lowest BCUT2D eigenvalue weighted by molar-refractivity contribution is -0.144. The zero-order valence-electron chi connectivity index (χ0n) is 16.1. The first-order valence-electron chi connectivity index (χ1n) is 9.07. The Morgan fingerprint density at radius 2 is 1.60 bits per heavy atom. The molecule has 0 saturated heterocycles. The fraction of sp³-hybridized carbons (Fsp3) is 0.647. The summed E-state index contributed by atoms with van der Waals surface area (Å²) in [4.78, 5) is 0. The van der Waals surface area contributed by atoms with Crippen LogP contribution in [0.4, 0.5) is 35.1 Å². The van der Waals surface area contributed by atoms with Gasteiger partial charge in [-0.1, -0.05) is 0 Å². The van der Waals surface area contributed by atoms with Gasteiger partial charge in [-0.15, -0.1) is 0 Å². The topological polar surface area (TPSA) is 47.7 Å². The molecular weight excluding hydrogens is 426 g/mol. The van der Waals surface area contributed by atoms with Crippen molar-refractivity contribution in [3.05, 3.63) is 34.4 Å². The van der Waals surface area contributed by atoms with Crippen molar-refractivity contribution in [2.45, 2.75) is 70.6 Å². The van der Waals surface area contributed by atoms with Gasteiger partial charge >= 0.3 is 12.4 Å². The SMILES string of the molecule is CC(C1Cc2c(C(F)(F)F)nn(C(C)C)c2CN1)n1cc(C(F)F)c(C(F)(F)F)n1. The minimum atomic E-state index is -5.08. The van der Waals surface area contributed by atoms with Gasteiger partial charge in [0.1, 0.15) is 0 Å². The Bertz CT molecular complexity index is 909. The fourth-order valence-corrected chi connectivity index (χ4v) is 3.60. The van der Waals surface area contributed by atoms with Crippen LogP contribution in [0.25, 0.3) is 0 Å². The number of aromatic nitrogens is 4. The van der Waals surface area contributed by atoms with Gasteiger partial charge in [0.2, 0.25) is 0 Å². The monoisotopic (exact) mass is 445 g/mol. The van der Waals surface area contributed by atoms with Crippen LogP contribution >= 0.6 is 0 Å². The highest BCUT2D eigenvalue weighted by atomic mass is 19.4. The van der Waals surface area contributed by atoms with Crippen LogP contribution in [-0.4, -0.2) is 25.6 Å². The largest absolute Gasteiger partial charge is 0.435 e. The summed E-state index contributed by atoms with van der Waals surface area (Å²) in [6.45, 7) is 4.76. The Kier molecular flexibility index (Phi) is 5.63. The molecule has 0 aliphatic carbocycles. The van der Waals surface area contributed by atoms with E-state index in [2.05, 4.69) is 15.5 Å². The molecule has 30 heavy (non-hydrogen) atoms. The van der Waals surface area contributed by atoms with Crippen LogP contribution in [0, 0.1) is 0 Å². The number of halogens is 8. The third-order valence-corrected chi connectivity index (χ3v) is 5.10. The molecule has 1 aliphatic heterocycles. The van der Waals surface area contributed by atoms with Crippen LogP contribution in [0.3, 0.4) is 0 Å². The number of alkyl halides is 8. The average Bonchev–Trinajstić information content (AvgIpc) is 3.22. The summed E-state index contributed by atoms with van der Waals surface area (Å²) in [5, 5.41) is 9.92. The summed E-state index contributed by atoms with van der Waals surface area (Å²) in [6.07, 6.45) is -12.8. The smallest absolute Gasteiger partial charge is 0.306 e. The predicted molar refractivity (Wildman–Crippen MR) is 88.8 cm³/mol. The second-order valence-corrected chi connectivity index (χ2v) is 7.45. The van der Waals surface area contributed by atoms with E-state index in [1.165, 1.54) is 11.6 Å². The van der Waals surface area contributed by atoms with Crippen molar-refractivity contribution < 1.29 is 35.1 Å². The molecule has 0 radical (unpaired) electrons. The Hall–Kier alpha value is -2.18. The van der Waals surface area contributed by atoms with Crippen LogP contribution in [0.1, 0.15) is 67.5 Å². The number of fused-ring (bicyclic) bond motifs is 1. The molecule has 0 amide bonds. The van der Waals surface area contributed by atoms with Gasteiger partial charge in [-0.25, -0.2) is 8.78 Å². The summed E-state index contributed by atoms with van der Waals surface area (Å²) in [5.41, 5.74) is -3.73. The quantitative estimate of drug-likeness (QED) is 0.681. The van der Waals surface area contributed by atoms with Crippen molar-refractivity contribution in [2.75, 3.05) is 0 Å². The molecule has 0 fully saturated rings. The molecule has 168 valence electrons. The first-order chi connectivity index (χ1) is 13.7. The van der Waals surface area contributed by atoms with E-state index in [1.807, 2.05) is 0 Å². The van der Waals surface area contributed by atoms with Gasteiger partial charge in [-0.05, 0) is 27.2 Å². The Morgan fingerprint density at radius 3 is 2.07 bits per heavy atom. The minimum Gasteiger partial charge on any atom is -0.306 e. The standard InChI is InChI=1S/C17H19F8N5/c1-7(2)30-12-5-26-11(4-9(12)13(28-30)16(20,21)22)8(3)29-6-10(15(18)19)14(27-29)17(23,24)25/h6-8,11,15,26H,4-5H2,1-3H3. The van der Waals surface area contributed by atoms with Crippen molar-refractivity contribution in [2.24, 2.45) is 0 Å². The molecule has 1 aliphatic rings. The maximum Gasteiger partial charge on any atom is 0.435 e. The number of hydrogen-bond acceptors (Lipinski definition) is 3. The second kappa shape index (κ2) is 7.50. The van der Waals surface area contributed by atoms with E-state index >= 15 is 0 Å². The van der Waals surface area contributed by atoms with Gasteiger partial charge < -0.3 is 5.32 Å². The molecule has 0 spiro atoms. The Morgan fingerprint density at radius 1 is 1.00 bits per heavy atom. The number of nitrogens with zero attached hydrogens (tertiary/aromatic N) is 4. The number of nitrogens with one attached hydrogen (secondary N) is 1. The molecule has 3 rings (SSSR count). The molecule has 2 atom stereocenters. The summed E-state index contributed by atoms with van der Waals surface area (Å²) < 4.78 is 108. The third kappa shape index (κ3) is 4.03. The van der Waals surface area contributed by atoms with Crippen molar-refractivity contribution in [1.29, 1.82) is 0 Å². The lowest BCUT2D eigenvalue weighted by Crippen LogP contribution is -2.42. The van der Waals surface area contributed by atoms with Crippen LogP contribution < -0.4 is 5.32 Å². The second-order valence-electron chi connectivity index (χ2n) is 7.45. The predicted octanol–water partition coefficient (Wildman–Crippen LogP) is 4.91. The molecule has 0 aromatic carbocycles. The third-order valence-electron chi connectivity index (χ3n) is 5.10. The van der Waals surface area contributed by atoms with E-state index in [4.69, 9.17) is 0 Å². The number of rotatable bonds is 4. The molecule has 1 N–H and O–H groups in total. The molecule has 0 bridgehead atoms. The molecule has 3 heterocycles. The Labute approximate surface area is 166 Å². The lowest BCUT2D eigenvalue weighted by atomic mass is 9.94. The van der Waals surface area contributed by atoms with Crippen molar-refractivity contribution in [3.63, 3.8) is 0 Å². The van der Waals surface area contributed by atoms with E-state index in [9.17, 15) is 35.1 Å². The van der Waals surface area contributed by atoms with Gasteiger partial charge in [-0.3, -0.25) is 9.36 Å². The lowest BCUT2D eigenvalue weighted by Gasteiger charge is -2.30. The van der Waals surface area contributed by atoms with Gasteiger partial charge in [0.05, 0.1) is 17.3 Å². The van der Waals surface area contributed by atoms with E-state index < -0.39 is 47.8 Å².